The SMILES string of the molecule is c1ccc(B(c2ccccc2)c2ccc3c(c2)c2cc(-n4c5ccccc5c5ccc6c7ccccc7n(-c7ccccc7)c6c54)ccc2n3-c2ccccc2)cc1. The topological polar surface area (TPSA) is 14.8 Å². The minimum Gasteiger partial charge on any atom is -0.309 e. The summed E-state index contributed by atoms with van der Waals surface area (Å²) in [5, 5.41) is 7.44. The molecule has 0 amide bonds. The van der Waals surface area contributed by atoms with Crippen molar-refractivity contribution in [1.82, 2.24) is 13.7 Å². The molecule has 3 aromatic heterocycles. The Bertz CT molecular complexity index is 3450. The Balaban J connectivity index is 1.19. The zero-order valence-electron chi connectivity index (χ0n) is 31.7. The summed E-state index contributed by atoms with van der Waals surface area (Å²) in [4.78, 5) is 0. The second-order valence-corrected chi connectivity index (χ2v) is 15.3. The second-order valence-electron chi connectivity index (χ2n) is 15.3. The van der Waals surface area contributed by atoms with Crippen molar-refractivity contribution in [3.05, 3.63) is 218 Å². The van der Waals surface area contributed by atoms with Crippen LogP contribution >= 0.6 is 0 Å². The molecule has 0 bridgehead atoms. The number of fused-ring (bicyclic) bond motifs is 10. The molecule has 0 saturated carbocycles. The van der Waals surface area contributed by atoms with E-state index in [1.807, 2.05) is 0 Å². The van der Waals surface area contributed by atoms with E-state index in [2.05, 4.69) is 232 Å². The number of nitrogens with zero attached hydrogens (tertiary/aromatic N) is 3. The number of hydrogen-bond acceptors (Lipinski definition) is 0. The van der Waals surface area contributed by atoms with E-state index in [1.165, 1.54) is 81.8 Å². The van der Waals surface area contributed by atoms with E-state index in [1.54, 1.807) is 0 Å². The van der Waals surface area contributed by atoms with Gasteiger partial charge in [-0.05, 0) is 60.7 Å². The predicted molar refractivity (Wildman–Crippen MR) is 247 cm³/mol. The summed E-state index contributed by atoms with van der Waals surface area (Å²) in [5.41, 5.74) is 14.5. The van der Waals surface area contributed by atoms with Gasteiger partial charge in [-0.1, -0.05) is 174 Å². The Morgan fingerprint density at radius 2 is 0.655 bits per heavy atom. The van der Waals surface area contributed by atoms with E-state index >= 15 is 0 Å². The van der Waals surface area contributed by atoms with Crippen molar-refractivity contribution >= 4 is 88.5 Å². The molecule has 0 spiro atoms. The number of aromatic nitrogens is 3. The normalized spacial score (nSPS) is 11.8. The van der Waals surface area contributed by atoms with Crippen molar-refractivity contribution in [2.75, 3.05) is 0 Å². The average molecular weight is 738 g/mol. The van der Waals surface area contributed by atoms with Crippen LogP contribution in [0.5, 0.6) is 0 Å². The Morgan fingerprint density at radius 1 is 0.241 bits per heavy atom. The Labute approximate surface area is 336 Å². The highest BCUT2D eigenvalue weighted by Crippen LogP contribution is 2.42. The van der Waals surface area contributed by atoms with Crippen molar-refractivity contribution < 1.29 is 0 Å². The zero-order chi connectivity index (χ0) is 38.2. The standard InChI is InChI=1S/C54H36BN3/c1-5-17-37(18-6-1)55(38-19-7-2-8-20-38)39-29-33-51-47(35-39)48-36-42(30-34-52(48)56(51)40-21-9-3-10-22-40)58-50-28-16-14-26-44(50)46-32-31-45-43-25-13-15-27-49(43)57(53(45)54(46)58)41-23-11-4-12-24-41/h1-36H. The molecule has 0 aliphatic carbocycles. The van der Waals surface area contributed by atoms with E-state index < -0.39 is 0 Å². The van der Waals surface area contributed by atoms with Crippen molar-refractivity contribution in [3.8, 4) is 17.1 Å². The summed E-state index contributed by atoms with van der Waals surface area (Å²) in [7, 11) is 0. The van der Waals surface area contributed by atoms with Gasteiger partial charge in [-0.3, -0.25) is 0 Å². The lowest BCUT2D eigenvalue weighted by Crippen LogP contribution is -2.51. The van der Waals surface area contributed by atoms with Gasteiger partial charge in [0.2, 0.25) is 6.71 Å². The molecule has 270 valence electrons. The molecule has 0 unspecified atom stereocenters. The molecule has 0 saturated heterocycles. The first-order chi connectivity index (χ1) is 28.8. The fourth-order valence-electron chi connectivity index (χ4n) is 9.69. The Morgan fingerprint density at radius 3 is 1.21 bits per heavy atom. The second kappa shape index (κ2) is 13.0. The van der Waals surface area contributed by atoms with Crippen LogP contribution in [0.3, 0.4) is 0 Å². The van der Waals surface area contributed by atoms with Crippen LogP contribution in [-0.2, 0) is 0 Å². The average Bonchev–Trinajstić information content (AvgIpc) is 3.93. The summed E-state index contributed by atoms with van der Waals surface area (Å²) in [5.74, 6) is 0. The molecule has 12 aromatic rings. The van der Waals surface area contributed by atoms with Gasteiger partial charge >= 0.3 is 0 Å². The maximum absolute atomic E-state index is 2.51. The third-order valence-corrected chi connectivity index (χ3v) is 12.1. The van der Waals surface area contributed by atoms with Crippen molar-refractivity contribution in [2.45, 2.75) is 0 Å². The number of hydrogen-bond donors (Lipinski definition) is 0. The highest BCUT2D eigenvalue weighted by molar-refractivity contribution is 6.95. The predicted octanol–water partition coefficient (Wildman–Crippen LogP) is 11.5. The first-order valence-corrected chi connectivity index (χ1v) is 20.1. The third kappa shape index (κ3) is 4.88. The fourth-order valence-corrected chi connectivity index (χ4v) is 9.69. The first kappa shape index (κ1) is 32.7. The molecule has 0 fully saturated rings. The van der Waals surface area contributed by atoms with E-state index in [0.29, 0.717) is 0 Å². The number of rotatable bonds is 6. The van der Waals surface area contributed by atoms with Gasteiger partial charge < -0.3 is 13.7 Å². The Kier molecular flexibility index (Phi) is 7.33. The van der Waals surface area contributed by atoms with Crippen LogP contribution in [0.4, 0.5) is 0 Å². The maximum atomic E-state index is 2.51. The van der Waals surface area contributed by atoms with Gasteiger partial charge in [0.1, 0.15) is 0 Å². The van der Waals surface area contributed by atoms with E-state index in [9.17, 15) is 0 Å². The van der Waals surface area contributed by atoms with Gasteiger partial charge in [-0.15, -0.1) is 0 Å². The molecule has 0 atom stereocenters. The summed E-state index contributed by atoms with van der Waals surface area (Å²) < 4.78 is 7.40. The lowest BCUT2D eigenvalue weighted by atomic mass is 9.37. The molecule has 4 heteroatoms. The van der Waals surface area contributed by atoms with Crippen LogP contribution < -0.4 is 16.4 Å². The molecule has 3 nitrogen and oxygen atoms in total. The van der Waals surface area contributed by atoms with Crippen LogP contribution in [0.1, 0.15) is 0 Å². The molecular weight excluding hydrogens is 701 g/mol. The largest absolute Gasteiger partial charge is 0.309 e. The molecule has 0 radical (unpaired) electrons. The summed E-state index contributed by atoms with van der Waals surface area (Å²) >= 11 is 0. The molecule has 3 heterocycles. The molecule has 0 N–H and O–H groups in total. The van der Waals surface area contributed by atoms with Gasteiger partial charge in [-0.2, -0.15) is 0 Å². The fraction of sp³-hybridized carbons (Fsp3) is 0. The van der Waals surface area contributed by atoms with Gasteiger partial charge in [-0.25, -0.2) is 0 Å². The minimum atomic E-state index is 0.0932. The quantitative estimate of drug-likeness (QED) is 0.151. The monoisotopic (exact) mass is 737 g/mol. The van der Waals surface area contributed by atoms with Gasteiger partial charge in [0.15, 0.2) is 0 Å². The summed E-state index contributed by atoms with van der Waals surface area (Å²) in [6, 6.07) is 80.0. The van der Waals surface area contributed by atoms with Crippen molar-refractivity contribution in [3.63, 3.8) is 0 Å². The summed E-state index contributed by atoms with van der Waals surface area (Å²) in [6.45, 7) is 0.0932. The Hall–Kier alpha value is -7.56. The maximum Gasteiger partial charge on any atom is 0.241 e. The summed E-state index contributed by atoms with van der Waals surface area (Å²) in [6.07, 6.45) is 0. The molecule has 9 aromatic carbocycles. The van der Waals surface area contributed by atoms with Crippen LogP contribution in [-0.4, -0.2) is 20.4 Å². The van der Waals surface area contributed by atoms with Crippen molar-refractivity contribution in [2.24, 2.45) is 0 Å². The molecule has 12 rings (SSSR count). The van der Waals surface area contributed by atoms with Gasteiger partial charge in [0.25, 0.3) is 0 Å². The first-order valence-electron chi connectivity index (χ1n) is 20.1. The van der Waals surface area contributed by atoms with Crippen molar-refractivity contribution in [1.29, 1.82) is 0 Å². The van der Waals surface area contributed by atoms with E-state index in [-0.39, 0.29) is 6.71 Å². The third-order valence-electron chi connectivity index (χ3n) is 12.1. The highest BCUT2D eigenvalue weighted by atomic mass is 15.0. The van der Waals surface area contributed by atoms with Crippen LogP contribution in [0, 0.1) is 0 Å². The molecular formula is C54H36BN3. The van der Waals surface area contributed by atoms with Gasteiger partial charge in [0.05, 0.1) is 33.1 Å². The van der Waals surface area contributed by atoms with Gasteiger partial charge in [0, 0.05) is 49.4 Å². The zero-order valence-corrected chi connectivity index (χ0v) is 31.7. The van der Waals surface area contributed by atoms with Crippen LogP contribution in [0.15, 0.2) is 218 Å². The molecule has 0 aliphatic heterocycles. The lowest BCUT2D eigenvalue weighted by Gasteiger charge is -2.16. The lowest BCUT2D eigenvalue weighted by molar-refractivity contribution is 1.15. The van der Waals surface area contributed by atoms with Crippen LogP contribution in [0.25, 0.3) is 82.5 Å². The highest BCUT2D eigenvalue weighted by Gasteiger charge is 2.25. The van der Waals surface area contributed by atoms with E-state index in [0.717, 1.165) is 17.1 Å². The molecule has 58 heavy (non-hydrogen) atoms. The smallest absolute Gasteiger partial charge is 0.241 e. The number of para-hydroxylation sites is 4. The molecule has 0 aliphatic rings. The number of benzene rings is 9. The van der Waals surface area contributed by atoms with Crippen LogP contribution in [0.2, 0.25) is 0 Å². The minimum absolute atomic E-state index is 0.0932. The van der Waals surface area contributed by atoms with E-state index in [4.69, 9.17) is 0 Å².